The van der Waals surface area contributed by atoms with Crippen LogP contribution < -0.4 is 5.32 Å². The van der Waals surface area contributed by atoms with Crippen LogP contribution in [0.15, 0.2) is 0 Å². The molecule has 14 heavy (non-hydrogen) atoms. The molecule has 0 amide bonds. The molecule has 0 aromatic carbocycles. The van der Waals surface area contributed by atoms with Gasteiger partial charge in [-0.05, 0) is 38.8 Å². The van der Waals surface area contributed by atoms with Crippen LogP contribution >= 0.6 is 0 Å². The molecule has 0 spiro atoms. The number of hydrogen-bond acceptors (Lipinski definition) is 2. The lowest BCUT2D eigenvalue weighted by molar-refractivity contribution is 0.112. The van der Waals surface area contributed by atoms with Crippen molar-refractivity contribution in [1.29, 1.82) is 0 Å². The van der Waals surface area contributed by atoms with Gasteiger partial charge in [0.05, 0.1) is 0 Å². The predicted octanol–water partition coefficient (Wildman–Crippen LogP) is 2.10. The van der Waals surface area contributed by atoms with E-state index in [0.29, 0.717) is 0 Å². The van der Waals surface area contributed by atoms with Crippen molar-refractivity contribution >= 4 is 0 Å². The first-order valence-corrected chi connectivity index (χ1v) is 6.09. The number of piperidine rings is 1. The van der Waals surface area contributed by atoms with E-state index in [2.05, 4.69) is 38.0 Å². The molecule has 2 heteroatoms. The molecule has 1 rings (SSSR count). The van der Waals surface area contributed by atoms with Crippen LogP contribution in [-0.4, -0.2) is 37.1 Å². The molecule has 1 aliphatic rings. The lowest BCUT2D eigenvalue weighted by Gasteiger charge is -2.39. The highest BCUT2D eigenvalue weighted by Crippen LogP contribution is 2.18. The molecule has 0 radical (unpaired) electrons. The van der Waals surface area contributed by atoms with Crippen molar-refractivity contribution < 1.29 is 0 Å². The summed E-state index contributed by atoms with van der Waals surface area (Å²) in [4.78, 5) is 2.59. The standard InChI is InChI=1S/C12H26N2/c1-5-12(10(2)3)14(4)11-7-6-8-13-9-11/h10-13H,5-9H2,1-4H3. The van der Waals surface area contributed by atoms with Crippen molar-refractivity contribution in [2.45, 2.75) is 52.1 Å². The van der Waals surface area contributed by atoms with Crippen molar-refractivity contribution in [1.82, 2.24) is 10.2 Å². The normalized spacial score (nSPS) is 25.7. The second kappa shape index (κ2) is 5.72. The summed E-state index contributed by atoms with van der Waals surface area (Å²) in [7, 11) is 2.30. The molecule has 84 valence electrons. The first kappa shape index (κ1) is 12.0. The molecular weight excluding hydrogens is 172 g/mol. The van der Waals surface area contributed by atoms with E-state index in [1.807, 2.05) is 0 Å². The van der Waals surface area contributed by atoms with Gasteiger partial charge in [0.2, 0.25) is 0 Å². The number of rotatable bonds is 4. The molecule has 0 aromatic heterocycles. The maximum Gasteiger partial charge on any atom is 0.0221 e. The third-order valence-electron chi connectivity index (χ3n) is 3.56. The molecule has 0 saturated carbocycles. The van der Waals surface area contributed by atoms with Crippen LogP contribution in [-0.2, 0) is 0 Å². The van der Waals surface area contributed by atoms with Gasteiger partial charge in [-0.25, -0.2) is 0 Å². The number of nitrogens with one attached hydrogen (secondary N) is 1. The molecule has 2 unspecified atom stereocenters. The number of hydrogen-bond donors (Lipinski definition) is 1. The molecular formula is C12H26N2. The van der Waals surface area contributed by atoms with E-state index in [-0.39, 0.29) is 0 Å². The zero-order valence-electron chi connectivity index (χ0n) is 10.2. The second-order valence-corrected chi connectivity index (χ2v) is 4.89. The summed E-state index contributed by atoms with van der Waals surface area (Å²) in [6.07, 6.45) is 3.97. The third kappa shape index (κ3) is 2.96. The zero-order valence-corrected chi connectivity index (χ0v) is 10.2. The molecule has 1 saturated heterocycles. The van der Waals surface area contributed by atoms with Gasteiger partial charge < -0.3 is 5.32 Å². The Balaban J connectivity index is 2.47. The fraction of sp³-hybridized carbons (Fsp3) is 1.00. The Hall–Kier alpha value is -0.0800. The molecule has 0 bridgehead atoms. The summed E-state index contributed by atoms with van der Waals surface area (Å²) >= 11 is 0. The van der Waals surface area contributed by atoms with E-state index >= 15 is 0 Å². The van der Waals surface area contributed by atoms with Gasteiger partial charge >= 0.3 is 0 Å². The fourth-order valence-electron chi connectivity index (χ4n) is 2.68. The van der Waals surface area contributed by atoms with Gasteiger partial charge in [0.25, 0.3) is 0 Å². The molecule has 1 aliphatic heterocycles. The summed E-state index contributed by atoms with van der Waals surface area (Å²) in [6.45, 7) is 9.36. The summed E-state index contributed by atoms with van der Waals surface area (Å²) in [5.41, 5.74) is 0. The van der Waals surface area contributed by atoms with Gasteiger partial charge in [-0.2, -0.15) is 0 Å². The van der Waals surface area contributed by atoms with E-state index in [0.717, 1.165) is 18.0 Å². The van der Waals surface area contributed by atoms with Crippen molar-refractivity contribution in [3.8, 4) is 0 Å². The molecule has 0 aromatic rings. The molecule has 1 heterocycles. The van der Waals surface area contributed by atoms with Crippen LogP contribution in [0.25, 0.3) is 0 Å². The van der Waals surface area contributed by atoms with E-state index < -0.39 is 0 Å². The Bertz CT molecular complexity index is 150. The Morgan fingerprint density at radius 2 is 2.14 bits per heavy atom. The average Bonchev–Trinajstić information content (AvgIpc) is 2.19. The number of nitrogens with zero attached hydrogens (tertiary/aromatic N) is 1. The van der Waals surface area contributed by atoms with Crippen LogP contribution in [0, 0.1) is 5.92 Å². The van der Waals surface area contributed by atoms with Crippen LogP contribution in [0.5, 0.6) is 0 Å². The minimum Gasteiger partial charge on any atom is -0.315 e. The molecule has 0 aliphatic carbocycles. The predicted molar refractivity (Wildman–Crippen MR) is 62.6 cm³/mol. The lowest BCUT2D eigenvalue weighted by Crippen LogP contribution is -2.49. The van der Waals surface area contributed by atoms with E-state index in [9.17, 15) is 0 Å². The Morgan fingerprint density at radius 3 is 2.57 bits per heavy atom. The van der Waals surface area contributed by atoms with Crippen molar-refractivity contribution in [2.24, 2.45) is 5.92 Å². The average molecular weight is 198 g/mol. The van der Waals surface area contributed by atoms with Gasteiger partial charge in [-0.1, -0.05) is 20.8 Å². The molecule has 2 atom stereocenters. The molecule has 1 N–H and O–H groups in total. The van der Waals surface area contributed by atoms with Gasteiger partial charge in [0, 0.05) is 18.6 Å². The fourth-order valence-corrected chi connectivity index (χ4v) is 2.68. The lowest BCUT2D eigenvalue weighted by atomic mass is 9.96. The topological polar surface area (TPSA) is 15.3 Å². The Kier molecular flexibility index (Phi) is 4.90. The monoisotopic (exact) mass is 198 g/mol. The van der Waals surface area contributed by atoms with Gasteiger partial charge in [0.1, 0.15) is 0 Å². The highest BCUT2D eigenvalue weighted by Gasteiger charge is 2.24. The van der Waals surface area contributed by atoms with Crippen LogP contribution in [0.4, 0.5) is 0 Å². The SMILES string of the molecule is CCC(C(C)C)N(C)C1CCCNC1. The minimum absolute atomic E-state index is 0.750. The minimum atomic E-state index is 0.750. The maximum absolute atomic E-state index is 3.49. The first-order chi connectivity index (χ1) is 6.66. The largest absolute Gasteiger partial charge is 0.315 e. The van der Waals surface area contributed by atoms with Crippen molar-refractivity contribution in [3.05, 3.63) is 0 Å². The zero-order chi connectivity index (χ0) is 10.6. The van der Waals surface area contributed by atoms with Crippen molar-refractivity contribution in [3.63, 3.8) is 0 Å². The van der Waals surface area contributed by atoms with Gasteiger partial charge in [-0.15, -0.1) is 0 Å². The van der Waals surface area contributed by atoms with Crippen molar-refractivity contribution in [2.75, 3.05) is 20.1 Å². The maximum atomic E-state index is 3.49. The summed E-state index contributed by atoms with van der Waals surface area (Å²) < 4.78 is 0. The smallest absolute Gasteiger partial charge is 0.0221 e. The van der Waals surface area contributed by atoms with Crippen LogP contribution in [0.2, 0.25) is 0 Å². The Morgan fingerprint density at radius 1 is 1.43 bits per heavy atom. The van der Waals surface area contributed by atoms with Gasteiger partial charge in [-0.3, -0.25) is 4.90 Å². The summed E-state index contributed by atoms with van der Waals surface area (Å²) in [6, 6.07) is 1.51. The quantitative estimate of drug-likeness (QED) is 0.744. The summed E-state index contributed by atoms with van der Waals surface area (Å²) in [5, 5.41) is 3.49. The summed E-state index contributed by atoms with van der Waals surface area (Å²) in [5.74, 6) is 0.770. The van der Waals surface area contributed by atoms with Gasteiger partial charge in [0.15, 0.2) is 0 Å². The first-order valence-electron chi connectivity index (χ1n) is 6.09. The molecule has 2 nitrogen and oxygen atoms in total. The highest BCUT2D eigenvalue weighted by molar-refractivity contribution is 4.82. The molecule has 1 fully saturated rings. The van der Waals surface area contributed by atoms with E-state index in [4.69, 9.17) is 0 Å². The Labute approximate surface area is 89.1 Å². The third-order valence-corrected chi connectivity index (χ3v) is 3.56. The van der Waals surface area contributed by atoms with Crippen LogP contribution in [0.3, 0.4) is 0 Å². The second-order valence-electron chi connectivity index (χ2n) is 4.89. The van der Waals surface area contributed by atoms with E-state index in [1.54, 1.807) is 0 Å². The highest BCUT2D eigenvalue weighted by atomic mass is 15.2. The van der Waals surface area contributed by atoms with E-state index in [1.165, 1.54) is 32.4 Å². The van der Waals surface area contributed by atoms with Crippen LogP contribution in [0.1, 0.15) is 40.0 Å². The number of likely N-dealkylation sites (N-methyl/N-ethyl adjacent to an activating group) is 1.